The zero-order valence-corrected chi connectivity index (χ0v) is 13.9. The van der Waals surface area contributed by atoms with Gasteiger partial charge in [-0.15, -0.1) is 0 Å². The molecule has 1 aliphatic carbocycles. The Kier molecular flexibility index (Phi) is 5.19. The Labute approximate surface area is 135 Å². The summed E-state index contributed by atoms with van der Waals surface area (Å²) in [5.41, 5.74) is -0.479. The molecule has 0 saturated heterocycles. The van der Waals surface area contributed by atoms with Crippen LogP contribution in [0.3, 0.4) is 0 Å². The summed E-state index contributed by atoms with van der Waals surface area (Å²) < 4.78 is 39.2. The number of carbonyl (C=O) groups excluding carboxylic acids is 1. The third-order valence-corrected chi connectivity index (χ3v) is 5.13. The topological polar surface area (TPSA) is 20.3 Å². The van der Waals surface area contributed by atoms with Crippen LogP contribution in [-0.2, 0) is 16.4 Å². The highest BCUT2D eigenvalue weighted by molar-refractivity contribution is 5.86. The van der Waals surface area contributed by atoms with Gasteiger partial charge in [-0.2, -0.15) is 13.2 Å². The van der Waals surface area contributed by atoms with Gasteiger partial charge in [-0.1, -0.05) is 38.5 Å². The van der Waals surface area contributed by atoms with Crippen molar-refractivity contribution >= 4 is 5.78 Å². The first-order valence-corrected chi connectivity index (χ1v) is 8.17. The van der Waals surface area contributed by atoms with Gasteiger partial charge in [0.25, 0.3) is 0 Å². The number of benzene rings is 1. The van der Waals surface area contributed by atoms with Crippen LogP contribution in [0.2, 0.25) is 0 Å². The van der Waals surface area contributed by atoms with Crippen LogP contribution in [0.1, 0.15) is 50.7 Å². The van der Waals surface area contributed by atoms with Crippen LogP contribution in [-0.4, -0.2) is 30.3 Å². The van der Waals surface area contributed by atoms with E-state index in [1.54, 1.807) is 6.07 Å². The third-order valence-electron chi connectivity index (χ3n) is 5.13. The highest BCUT2D eigenvalue weighted by Crippen LogP contribution is 2.49. The summed E-state index contributed by atoms with van der Waals surface area (Å²) in [4.78, 5) is 14.5. The summed E-state index contributed by atoms with van der Waals surface area (Å²) in [7, 11) is 1.88. The molecule has 1 saturated carbocycles. The molecule has 1 atom stereocenters. The molecule has 0 amide bonds. The molecule has 0 bridgehead atoms. The second-order valence-electron chi connectivity index (χ2n) is 6.38. The standard InChI is InChI=1S/C18H24F3NO/c1-4-15(23)16(22(3)5-2)17(10-7-11-17)13-8-6-9-14(12-13)18(19,20)21/h6,8-9,12,16H,4-5,7,10-11H2,1-3H3. The van der Waals surface area contributed by atoms with E-state index in [-0.39, 0.29) is 11.8 Å². The van der Waals surface area contributed by atoms with Crippen molar-refractivity contribution < 1.29 is 18.0 Å². The van der Waals surface area contributed by atoms with Crippen LogP contribution < -0.4 is 0 Å². The number of likely N-dealkylation sites (N-methyl/N-ethyl adjacent to an activating group) is 1. The van der Waals surface area contributed by atoms with Crippen molar-refractivity contribution in [3.63, 3.8) is 0 Å². The molecule has 0 aliphatic heterocycles. The maximum absolute atomic E-state index is 13.1. The third kappa shape index (κ3) is 3.30. The first-order valence-electron chi connectivity index (χ1n) is 8.17. The van der Waals surface area contributed by atoms with Crippen molar-refractivity contribution in [2.75, 3.05) is 13.6 Å². The van der Waals surface area contributed by atoms with Crippen LogP contribution in [0.15, 0.2) is 24.3 Å². The molecule has 1 aromatic carbocycles. The quantitative estimate of drug-likeness (QED) is 0.770. The Balaban J connectivity index is 2.49. The minimum Gasteiger partial charge on any atom is -0.298 e. The Hall–Kier alpha value is -1.36. The fraction of sp³-hybridized carbons (Fsp3) is 0.611. The fourth-order valence-corrected chi connectivity index (χ4v) is 3.63. The molecular formula is C18H24F3NO. The van der Waals surface area contributed by atoms with Crippen LogP contribution in [0, 0.1) is 0 Å². The summed E-state index contributed by atoms with van der Waals surface area (Å²) in [6.07, 6.45) is -1.50. The van der Waals surface area contributed by atoms with Crippen LogP contribution >= 0.6 is 0 Å². The second kappa shape index (κ2) is 6.63. The van der Waals surface area contributed by atoms with Crippen molar-refractivity contribution in [1.29, 1.82) is 0 Å². The normalized spacial score (nSPS) is 18.6. The SMILES string of the molecule is CCC(=O)C(N(C)CC)C1(c2cccc(C(F)(F)F)c2)CCC1. The molecule has 1 aliphatic rings. The second-order valence-corrected chi connectivity index (χ2v) is 6.38. The Morgan fingerprint density at radius 3 is 2.39 bits per heavy atom. The lowest BCUT2D eigenvalue weighted by molar-refractivity contribution is -0.137. The molecule has 1 unspecified atom stereocenters. The summed E-state index contributed by atoms with van der Waals surface area (Å²) >= 11 is 0. The Morgan fingerprint density at radius 1 is 1.30 bits per heavy atom. The lowest BCUT2D eigenvalue weighted by atomic mass is 9.58. The largest absolute Gasteiger partial charge is 0.416 e. The minimum atomic E-state index is -4.36. The van der Waals surface area contributed by atoms with Crippen LogP contribution in [0.5, 0.6) is 0 Å². The van der Waals surface area contributed by atoms with Gasteiger partial charge in [-0.3, -0.25) is 9.69 Å². The molecular weight excluding hydrogens is 303 g/mol. The van der Waals surface area contributed by atoms with E-state index in [9.17, 15) is 18.0 Å². The van der Waals surface area contributed by atoms with Crippen molar-refractivity contribution in [2.24, 2.45) is 0 Å². The summed E-state index contributed by atoms with van der Waals surface area (Å²) in [5, 5.41) is 0. The molecule has 1 aromatic rings. The van der Waals surface area contributed by atoms with E-state index in [0.717, 1.165) is 25.3 Å². The van der Waals surface area contributed by atoms with Gasteiger partial charge in [0, 0.05) is 11.8 Å². The number of halogens is 3. The van der Waals surface area contributed by atoms with Gasteiger partial charge in [0.15, 0.2) is 5.78 Å². The number of carbonyl (C=O) groups is 1. The smallest absolute Gasteiger partial charge is 0.298 e. The minimum absolute atomic E-state index is 0.103. The van der Waals surface area contributed by atoms with E-state index in [1.165, 1.54) is 12.1 Å². The average Bonchev–Trinajstić information content (AvgIpc) is 2.48. The van der Waals surface area contributed by atoms with E-state index >= 15 is 0 Å². The van der Waals surface area contributed by atoms with Gasteiger partial charge in [0.2, 0.25) is 0 Å². The van der Waals surface area contributed by atoms with Gasteiger partial charge in [-0.05, 0) is 38.1 Å². The number of alkyl halides is 3. The molecule has 2 rings (SSSR count). The summed E-state index contributed by atoms with van der Waals surface area (Å²) in [6.45, 7) is 4.48. The molecule has 2 nitrogen and oxygen atoms in total. The number of rotatable bonds is 6. The van der Waals surface area contributed by atoms with Crippen molar-refractivity contribution in [3.05, 3.63) is 35.4 Å². The number of ketones is 1. The molecule has 0 heterocycles. The molecule has 0 N–H and O–H groups in total. The van der Waals surface area contributed by atoms with Crippen molar-refractivity contribution in [3.8, 4) is 0 Å². The monoisotopic (exact) mass is 327 g/mol. The fourth-order valence-electron chi connectivity index (χ4n) is 3.63. The lowest BCUT2D eigenvalue weighted by Crippen LogP contribution is -2.57. The van der Waals surface area contributed by atoms with E-state index in [4.69, 9.17) is 0 Å². The van der Waals surface area contributed by atoms with Gasteiger partial charge in [-0.25, -0.2) is 0 Å². The first kappa shape index (κ1) is 18.0. The Bertz CT molecular complexity index is 564. The maximum atomic E-state index is 13.1. The van der Waals surface area contributed by atoms with Crippen LogP contribution in [0.25, 0.3) is 0 Å². The number of hydrogen-bond acceptors (Lipinski definition) is 2. The molecule has 0 radical (unpaired) electrons. The summed E-state index contributed by atoms with van der Waals surface area (Å²) in [5.74, 6) is 0.103. The van der Waals surface area contributed by atoms with Gasteiger partial charge >= 0.3 is 6.18 Å². The van der Waals surface area contributed by atoms with E-state index in [1.807, 2.05) is 25.8 Å². The highest BCUT2D eigenvalue weighted by Gasteiger charge is 2.50. The molecule has 0 spiro atoms. The highest BCUT2D eigenvalue weighted by atomic mass is 19.4. The van der Waals surface area contributed by atoms with E-state index < -0.39 is 17.2 Å². The van der Waals surface area contributed by atoms with Gasteiger partial charge in [0.1, 0.15) is 0 Å². The number of nitrogens with zero attached hydrogens (tertiary/aromatic N) is 1. The van der Waals surface area contributed by atoms with Crippen LogP contribution in [0.4, 0.5) is 13.2 Å². The molecule has 0 aromatic heterocycles. The van der Waals surface area contributed by atoms with Gasteiger partial charge < -0.3 is 0 Å². The first-order chi connectivity index (χ1) is 10.8. The predicted octanol–water partition coefficient (Wildman–Crippen LogP) is 4.43. The van der Waals surface area contributed by atoms with Gasteiger partial charge in [0.05, 0.1) is 11.6 Å². The van der Waals surface area contributed by atoms with Crippen molar-refractivity contribution in [2.45, 2.75) is 57.2 Å². The number of Topliss-reactive ketones (excluding diaryl/α,β-unsaturated/α-hetero) is 1. The average molecular weight is 327 g/mol. The zero-order valence-electron chi connectivity index (χ0n) is 13.9. The predicted molar refractivity (Wildman–Crippen MR) is 84.4 cm³/mol. The summed E-state index contributed by atoms with van der Waals surface area (Å²) in [6, 6.07) is 5.18. The molecule has 1 fully saturated rings. The molecule has 128 valence electrons. The zero-order chi connectivity index (χ0) is 17.3. The van der Waals surface area contributed by atoms with E-state index in [0.29, 0.717) is 18.5 Å². The Morgan fingerprint density at radius 2 is 1.96 bits per heavy atom. The maximum Gasteiger partial charge on any atom is 0.416 e. The van der Waals surface area contributed by atoms with E-state index in [2.05, 4.69) is 0 Å². The number of hydrogen-bond donors (Lipinski definition) is 0. The molecule has 5 heteroatoms. The van der Waals surface area contributed by atoms with Crippen molar-refractivity contribution in [1.82, 2.24) is 4.90 Å². The molecule has 23 heavy (non-hydrogen) atoms. The lowest BCUT2D eigenvalue weighted by Gasteiger charge is -2.50.